The van der Waals surface area contributed by atoms with Gasteiger partial charge in [0.05, 0.1) is 0 Å². The zero-order valence-corrected chi connectivity index (χ0v) is 17.1. The van der Waals surface area contributed by atoms with E-state index >= 15 is 0 Å². The molecule has 2 aromatic rings. The average Bonchev–Trinajstić information content (AvgIpc) is 2.41. The largest absolute Gasteiger partial charge is 0.507 e. The molecule has 2 N–H and O–H groups in total. The number of hydrogen-bond acceptors (Lipinski definition) is 2. The molecule has 136 valence electrons. The van der Waals surface area contributed by atoms with Crippen LogP contribution in [0.3, 0.4) is 0 Å². The third-order valence-electron chi connectivity index (χ3n) is 4.92. The summed E-state index contributed by atoms with van der Waals surface area (Å²) in [5, 5.41) is 21.1. The average molecular weight is 341 g/mol. The SMILES string of the molecule is Cc1cc(-c2cc(C(C)(C)C)c(O)c(C(C)(C)C)c2C)cc(C)c1O. The lowest BCUT2D eigenvalue weighted by Gasteiger charge is -2.30. The first kappa shape index (κ1) is 19.4. The molecule has 0 saturated heterocycles. The fourth-order valence-electron chi connectivity index (χ4n) is 3.67. The Hall–Kier alpha value is -1.96. The molecular weight excluding hydrogens is 308 g/mol. The molecule has 2 heteroatoms. The summed E-state index contributed by atoms with van der Waals surface area (Å²) in [6.45, 7) is 18.7. The Morgan fingerprint density at radius 1 is 0.680 bits per heavy atom. The monoisotopic (exact) mass is 340 g/mol. The van der Waals surface area contributed by atoms with Crippen LogP contribution in [0.5, 0.6) is 11.5 Å². The molecule has 0 aliphatic rings. The van der Waals surface area contributed by atoms with Crippen LogP contribution in [0.2, 0.25) is 0 Å². The molecule has 0 atom stereocenters. The van der Waals surface area contributed by atoms with E-state index < -0.39 is 0 Å². The number of aromatic hydroxyl groups is 2. The van der Waals surface area contributed by atoms with Gasteiger partial charge in [0.2, 0.25) is 0 Å². The Balaban J connectivity index is 2.92. The third kappa shape index (κ3) is 3.53. The fraction of sp³-hybridized carbons (Fsp3) is 0.478. The van der Waals surface area contributed by atoms with Gasteiger partial charge in [-0.15, -0.1) is 0 Å². The molecule has 0 aromatic heterocycles. The van der Waals surface area contributed by atoms with Crippen LogP contribution in [-0.4, -0.2) is 10.2 Å². The second-order valence-electron chi connectivity index (χ2n) is 9.28. The third-order valence-corrected chi connectivity index (χ3v) is 4.92. The Morgan fingerprint density at radius 3 is 1.56 bits per heavy atom. The van der Waals surface area contributed by atoms with E-state index in [0.29, 0.717) is 11.5 Å². The van der Waals surface area contributed by atoms with E-state index in [2.05, 4.69) is 54.5 Å². The molecule has 25 heavy (non-hydrogen) atoms. The van der Waals surface area contributed by atoms with E-state index in [-0.39, 0.29) is 10.8 Å². The van der Waals surface area contributed by atoms with Crippen LogP contribution in [-0.2, 0) is 10.8 Å². The van der Waals surface area contributed by atoms with Crippen molar-refractivity contribution in [3.63, 3.8) is 0 Å². The molecule has 0 fully saturated rings. The summed E-state index contributed by atoms with van der Waals surface area (Å²) in [5.41, 5.74) is 6.69. The highest BCUT2D eigenvalue weighted by atomic mass is 16.3. The first-order valence-electron chi connectivity index (χ1n) is 8.93. The highest BCUT2D eigenvalue weighted by Crippen LogP contribution is 2.45. The molecule has 2 nitrogen and oxygen atoms in total. The highest BCUT2D eigenvalue weighted by molar-refractivity contribution is 5.75. The van der Waals surface area contributed by atoms with Crippen molar-refractivity contribution >= 4 is 0 Å². The van der Waals surface area contributed by atoms with Gasteiger partial charge in [0, 0.05) is 11.1 Å². The fourth-order valence-corrected chi connectivity index (χ4v) is 3.67. The first-order valence-corrected chi connectivity index (χ1v) is 8.93. The van der Waals surface area contributed by atoms with Crippen LogP contribution in [0.4, 0.5) is 0 Å². The highest BCUT2D eigenvalue weighted by Gasteiger charge is 2.29. The van der Waals surface area contributed by atoms with Crippen molar-refractivity contribution in [1.82, 2.24) is 0 Å². The molecule has 0 aliphatic heterocycles. The van der Waals surface area contributed by atoms with Gasteiger partial charge >= 0.3 is 0 Å². The van der Waals surface area contributed by atoms with Gasteiger partial charge in [0.1, 0.15) is 11.5 Å². The maximum Gasteiger partial charge on any atom is 0.123 e. The number of rotatable bonds is 1. The summed E-state index contributed by atoms with van der Waals surface area (Å²) in [6.07, 6.45) is 0. The van der Waals surface area contributed by atoms with E-state index in [0.717, 1.165) is 38.9 Å². The van der Waals surface area contributed by atoms with E-state index in [1.165, 1.54) is 0 Å². The Bertz CT molecular complexity index is 792. The summed E-state index contributed by atoms with van der Waals surface area (Å²) in [7, 11) is 0. The lowest BCUT2D eigenvalue weighted by Crippen LogP contribution is -2.19. The topological polar surface area (TPSA) is 40.5 Å². The molecule has 0 saturated carbocycles. The molecule has 2 rings (SSSR count). The number of phenolic OH excluding ortho intramolecular Hbond substituents is 2. The predicted molar refractivity (Wildman–Crippen MR) is 107 cm³/mol. The molecule has 0 unspecified atom stereocenters. The van der Waals surface area contributed by atoms with Gasteiger partial charge in [-0.05, 0) is 77.6 Å². The maximum absolute atomic E-state index is 11.0. The molecule has 0 bridgehead atoms. The minimum absolute atomic E-state index is 0.159. The van der Waals surface area contributed by atoms with Crippen LogP contribution in [0.25, 0.3) is 11.1 Å². The van der Waals surface area contributed by atoms with Crippen LogP contribution in [0.1, 0.15) is 69.4 Å². The lowest BCUT2D eigenvalue weighted by molar-refractivity contribution is 0.422. The predicted octanol–water partition coefficient (Wildman–Crippen LogP) is 6.29. The van der Waals surface area contributed by atoms with Gasteiger partial charge < -0.3 is 10.2 Å². The molecule has 0 spiro atoms. The zero-order valence-electron chi connectivity index (χ0n) is 17.1. The zero-order chi connectivity index (χ0) is 19.3. The van der Waals surface area contributed by atoms with Crippen molar-refractivity contribution in [3.05, 3.63) is 46.0 Å². The molecule has 2 aromatic carbocycles. The van der Waals surface area contributed by atoms with Gasteiger partial charge in [-0.2, -0.15) is 0 Å². The minimum Gasteiger partial charge on any atom is -0.507 e. The normalized spacial score (nSPS) is 12.5. The summed E-state index contributed by atoms with van der Waals surface area (Å²) in [5.74, 6) is 0.765. The summed E-state index contributed by atoms with van der Waals surface area (Å²) >= 11 is 0. The molecular formula is C23H32O2. The standard InChI is InChI=1S/C23H32O2/c1-13-10-16(11-14(2)20(13)24)17-12-18(22(4,5)6)21(25)19(15(17)3)23(7,8)9/h10-12,24-25H,1-9H3. The number of phenols is 2. The van der Waals surface area contributed by atoms with Gasteiger partial charge in [-0.1, -0.05) is 41.5 Å². The summed E-state index contributed by atoms with van der Waals surface area (Å²) in [4.78, 5) is 0. The van der Waals surface area contributed by atoms with Crippen LogP contribution in [0.15, 0.2) is 18.2 Å². The van der Waals surface area contributed by atoms with Crippen LogP contribution in [0, 0.1) is 20.8 Å². The van der Waals surface area contributed by atoms with E-state index in [1.54, 1.807) is 0 Å². The number of hydrogen-bond donors (Lipinski definition) is 2. The van der Waals surface area contributed by atoms with Gasteiger partial charge in [0.25, 0.3) is 0 Å². The number of aryl methyl sites for hydroxylation is 2. The van der Waals surface area contributed by atoms with Crippen molar-refractivity contribution in [3.8, 4) is 22.6 Å². The Kier molecular flexibility index (Phi) is 4.71. The maximum atomic E-state index is 11.0. The van der Waals surface area contributed by atoms with E-state index in [1.807, 2.05) is 26.0 Å². The van der Waals surface area contributed by atoms with Crippen molar-refractivity contribution in [2.75, 3.05) is 0 Å². The summed E-state index contributed by atoms with van der Waals surface area (Å²) in [6, 6.07) is 6.17. The Morgan fingerprint density at radius 2 is 1.16 bits per heavy atom. The van der Waals surface area contributed by atoms with Gasteiger partial charge in [-0.3, -0.25) is 0 Å². The van der Waals surface area contributed by atoms with Crippen molar-refractivity contribution < 1.29 is 10.2 Å². The smallest absolute Gasteiger partial charge is 0.123 e. The van der Waals surface area contributed by atoms with Crippen LogP contribution >= 0.6 is 0 Å². The van der Waals surface area contributed by atoms with Crippen molar-refractivity contribution in [2.45, 2.75) is 73.1 Å². The van der Waals surface area contributed by atoms with Crippen molar-refractivity contribution in [1.29, 1.82) is 0 Å². The number of benzene rings is 2. The van der Waals surface area contributed by atoms with Gasteiger partial charge in [0.15, 0.2) is 0 Å². The first-order chi connectivity index (χ1) is 11.2. The molecule has 0 aliphatic carbocycles. The summed E-state index contributed by atoms with van der Waals surface area (Å²) < 4.78 is 0. The van der Waals surface area contributed by atoms with E-state index in [9.17, 15) is 10.2 Å². The van der Waals surface area contributed by atoms with Crippen LogP contribution < -0.4 is 0 Å². The van der Waals surface area contributed by atoms with Crippen molar-refractivity contribution in [2.24, 2.45) is 0 Å². The lowest BCUT2D eigenvalue weighted by atomic mass is 9.75. The molecule has 0 heterocycles. The van der Waals surface area contributed by atoms with E-state index in [4.69, 9.17) is 0 Å². The molecule has 0 amide bonds. The second kappa shape index (κ2) is 6.09. The molecule has 0 radical (unpaired) electrons. The quantitative estimate of drug-likeness (QED) is 0.641. The second-order valence-corrected chi connectivity index (χ2v) is 9.28. The minimum atomic E-state index is -0.162. The van der Waals surface area contributed by atoms with Gasteiger partial charge in [-0.25, -0.2) is 0 Å². The Labute approximate surface area is 152 Å².